The standard InChI is InChI=1S/C25H21N3O/c1-15-4-3-5-22(28-15)13-24(29)20-9-18-11-21-14-27-25(23(21)12-19(18)10-20)17-6-7-26-16(2)8-17/h3-8,10-12H,9,13-14H2,1-2H3. The molecule has 4 nitrogen and oxygen atoms in total. The van der Waals surface area contributed by atoms with Crippen LogP contribution in [0, 0.1) is 13.8 Å². The highest BCUT2D eigenvalue weighted by Crippen LogP contribution is 2.33. The third-order valence-electron chi connectivity index (χ3n) is 5.55. The number of benzene rings is 1. The molecule has 1 aromatic carbocycles. The van der Waals surface area contributed by atoms with Gasteiger partial charge in [-0.3, -0.25) is 19.8 Å². The van der Waals surface area contributed by atoms with Crippen LogP contribution in [0.2, 0.25) is 0 Å². The largest absolute Gasteiger partial charge is 0.294 e. The molecule has 2 aliphatic rings. The van der Waals surface area contributed by atoms with Gasteiger partial charge < -0.3 is 0 Å². The summed E-state index contributed by atoms with van der Waals surface area (Å²) in [7, 11) is 0. The summed E-state index contributed by atoms with van der Waals surface area (Å²) in [6.45, 7) is 4.63. The van der Waals surface area contributed by atoms with Crippen LogP contribution in [-0.4, -0.2) is 21.5 Å². The predicted molar refractivity (Wildman–Crippen MR) is 114 cm³/mol. The van der Waals surface area contributed by atoms with Crippen molar-refractivity contribution < 1.29 is 4.79 Å². The van der Waals surface area contributed by atoms with E-state index in [2.05, 4.69) is 28.2 Å². The van der Waals surface area contributed by atoms with Crippen molar-refractivity contribution in [3.8, 4) is 0 Å². The van der Waals surface area contributed by atoms with Gasteiger partial charge in [0.15, 0.2) is 5.78 Å². The molecule has 142 valence electrons. The van der Waals surface area contributed by atoms with Crippen LogP contribution in [0.15, 0.2) is 59.2 Å². The highest BCUT2D eigenvalue weighted by molar-refractivity contribution is 6.15. The van der Waals surface area contributed by atoms with Crippen LogP contribution in [0.4, 0.5) is 0 Å². The zero-order valence-electron chi connectivity index (χ0n) is 16.6. The van der Waals surface area contributed by atoms with Crippen molar-refractivity contribution in [2.24, 2.45) is 4.99 Å². The number of rotatable bonds is 4. The Bertz CT molecular complexity index is 1220. The number of Topliss-reactive ketones (excluding diaryl/α,β-unsaturated/α-hetero) is 1. The van der Waals surface area contributed by atoms with Gasteiger partial charge in [-0.25, -0.2) is 0 Å². The molecule has 0 unspecified atom stereocenters. The minimum Gasteiger partial charge on any atom is -0.294 e. The van der Waals surface area contributed by atoms with Crippen molar-refractivity contribution in [3.05, 3.63) is 99.1 Å². The van der Waals surface area contributed by atoms with Crippen LogP contribution in [0.3, 0.4) is 0 Å². The van der Waals surface area contributed by atoms with Gasteiger partial charge in [-0.2, -0.15) is 0 Å². The molecule has 0 spiro atoms. The summed E-state index contributed by atoms with van der Waals surface area (Å²) in [4.78, 5) is 26.4. The van der Waals surface area contributed by atoms with Gasteiger partial charge in [-0.05, 0) is 66.9 Å². The molecule has 0 fully saturated rings. The lowest BCUT2D eigenvalue weighted by molar-refractivity contribution is -0.115. The summed E-state index contributed by atoms with van der Waals surface area (Å²) in [6.07, 6.45) is 4.91. The third-order valence-corrected chi connectivity index (χ3v) is 5.55. The summed E-state index contributed by atoms with van der Waals surface area (Å²) in [5.74, 6) is 0.151. The maximum atomic E-state index is 12.8. The van der Waals surface area contributed by atoms with E-state index in [4.69, 9.17) is 4.99 Å². The fraction of sp³-hybridized carbons (Fsp3) is 0.200. The molecule has 0 N–H and O–H groups in total. The van der Waals surface area contributed by atoms with Gasteiger partial charge in [0.05, 0.1) is 18.7 Å². The van der Waals surface area contributed by atoms with Crippen molar-refractivity contribution in [1.29, 1.82) is 0 Å². The molecule has 0 bridgehead atoms. The number of nitrogens with zero attached hydrogens (tertiary/aromatic N) is 3. The van der Waals surface area contributed by atoms with Gasteiger partial charge >= 0.3 is 0 Å². The lowest BCUT2D eigenvalue weighted by Crippen LogP contribution is -2.08. The summed E-state index contributed by atoms with van der Waals surface area (Å²) >= 11 is 0. The van der Waals surface area contributed by atoms with E-state index in [-0.39, 0.29) is 5.78 Å². The second-order valence-corrected chi connectivity index (χ2v) is 7.78. The molecule has 29 heavy (non-hydrogen) atoms. The number of pyridine rings is 2. The normalized spacial score (nSPS) is 14.3. The molecular formula is C25H21N3O. The minimum absolute atomic E-state index is 0.151. The molecule has 0 atom stereocenters. The second-order valence-electron chi connectivity index (χ2n) is 7.78. The van der Waals surface area contributed by atoms with E-state index in [9.17, 15) is 4.79 Å². The highest BCUT2D eigenvalue weighted by atomic mass is 16.1. The molecule has 0 amide bonds. The van der Waals surface area contributed by atoms with Crippen molar-refractivity contribution in [2.45, 2.75) is 33.2 Å². The van der Waals surface area contributed by atoms with E-state index in [1.54, 1.807) is 0 Å². The molecule has 4 heteroatoms. The first-order chi connectivity index (χ1) is 14.1. The van der Waals surface area contributed by atoms with Gasteiger partial charge in [0.25, 0.3) is 0 Å². The van der Waals surface area contributed by atoms with E-state index < -0.39 is 0 Å². The van der Waals surface area contributed by atoms with Crippen molar-refractivity contribution >= 4 is 17.6 Å². The summed E-state index contributed by atoms with van der Waals surface area (Å²) in [6, 6.07) is 14.3. The Balaban J connectivity index is 1.42. The van der Waals surface area contributed by atoms with Gasteiger partial charge in [0.2, 0.25) is 0 Å². The second kappa shape index (κ2) is 6.89. The molecule has 3 heterocycles. The number of allylic oxidation sites excluding steroid dienone is 1. The zero-order chi connectivity index (χ0) is 20.0. The van der Waals surface area contributed by atoms with E-state index in [1.165, 1.54) is 16.7 Å². The molecule has 2 aromatic heterocycles. The lowest BCUT2D eigenvalue weighted by Gasteiger charge is -2.08. The first-order valence-electron chi connectivity index (χ1n) is 9.87. The smallest absolute Gasteiger partial charge is 0.165 e. The van der Waals surface area contributed by atoms with E-state index >= 15 is 0 Å². The molecule has 0 saturated carbocycles. The summed E-state index contributed by atoms with van der Waals surface area (Å²) < 4.78 is 0. The van der Waals surface area contributed by atoms with Gasteiger partial charge in [0, 0.05) is 46.4 Å². The Morgan fingerprint density at radius 3 is 2.76 bits per heavy atom. The molecule has 0 saturated heterocycles. The predicted octanol–water partition coefficient (Wildman–Crippen LogP) is 4.20. The van der Waals surface area contributed by atoms with Crippen LogP contribution < -0.4 is 0 Å². The first kappa shape index (κ1) is 17.7. The number of aliphatic imine (C=N–C) groups is 1. The van der Waals surface area contributed by atoms with Gasteiger partial charge in [-0.1, -0.05) is 12.1 Å². The quantitative estimate of drug-likeness (QED) is 0.683. The number of hydrogen-bond donors (Lipinski definition) is 0. The van der Waals surface area contributed by atoms with Crippen LogP contribution in [0.25, 0.3) is 6.08 Å². The van der Waals surface area contributed by atoms with E-state index in [1.807, 2.05) is 50.4 Å². The fourth-order valence-electron chi connectivity index (χ4n) is 4.14. The number of ketones is 1. The van der Waals surface area contributed by atoms with Crippen molar-refractivity contribution in [2.75, 3.05) is 0 Å². The van der Waals surface area contributed by atoms with Crippen LogP contribution in [0.1, 0.15) is 44.9 Å². The number of fused-ring (bicyclic) bond motifs is 2. The SMILES string of the molecule is Cc1cc(C2=NCc3cc4c(cc32)C=C(C(=O)Cc2cccc(C)n2)C4)ccn1. The average molecular weight is 379 g/mol. The van der Waals surface area contributed by atoms with Gasteiger partial charge in [-0.15, -0.1) is 0 Å². The Kier molecular flexibility index (Phi) is 4.20. The molecule has 5 rings (SSSR count). The minimum atomic E-state index is 0.151. The van der Waals surface area contributed by atoms with E-state index in [0.717, 1.165) is 39.5 Å². The van der Waals surface area contributed by atoms with Gasteiger partial charge in [0.1, 0.15) is 0 Å². The Labute approximate surface area is 170 Å². The maximum Gasteiger partial charge on any atom is 0.165 e. The topological polar surface area (TPSA) is 55.2 Å². The van der Waals surface area contributed by atoms with E-state index in [0.29, 0.717) is 19.4 Å². The number of carbonyl (C=O) groups is 1. The number of aryl methyl sites for hydroxylation is 2. The van der Waals surface area contributed by atoms with Crippen LogP contribution in [-0.2, 0) is 24.2 Å². The van der Waals surface area contributed by atoms with Crippen molar-refractivity contribution in [3.63, 3.8) is 0 Å². The third kappa shape index (κ3) is 3.31. The number of aromatic nitrogens is 2. The molecule has 1 aliphatic carbocycles. The Hall–Kier alpha value is -3.40. The molecule has 3 aromatic rings. The Morgan fingerprint density at radius 2 is 1.93 bits per heavy atom. The van der Waals surface area contributed by atoms with Crippen molar-refractivity contribution in [1.82, 2.24) is 9.97 Å². The summed E-state index contributed by atoms with van der Waals surface area (Å²) in [5, 5.41) is 0. The fourth-order valence-corrected chi connectivity index (χ4v) is 4.14. The van der Waals surface area contributed by atoms with Crippen LogP contribution in [0.5, 0.6) is 0 Å². The lowest BCUT2D eigenvalue weighted by atomic mass is 9.95. The highest BCUT2D eigenvalue weighted by Gasteiger charge is 2.24. The number of carbonyl (C=O) groups excluding carboxylic acids is 1. The molecule has 1 aliphatic heterocycles. The average Bonchev–Trinajstić information content (AvgIpc) is 3.29. The monoisotopic (exact) mass is 379 g/mol. The first-order valence-corrected chi connectivity index (χ1v) is 9.87. The molecular weight excluding hydrogens is 358 g/mol. The zero-order valence-corrected chi connectivity index (χ0v) is 16.6. The Morgan fingerprint density at radius 1 is 1.03 bits per heavy atom. The number of hydrogen-bond acceptors (Lipinski definition) is 4. The maximum absolute atomic E-state index is 12.8. The summed E-state index contributed by atoms with van der Waals surface area (Å²) in [5.41, 5.74) is 10.5. The molecule has 0 radical (unpaired) electrons. The van der Waals surface area contributed by atoms with Crippen LogP contribution >= 0.6 is 0 Å².